The lowest BCUT2D eigenvalue weighted by Gasteiger charge is -2.33. The van der Waals surface area contributed by atoms with Gasteiger partial charge in [0.2, 0.25) is 17.7 Å². The average Bonchev–Trinajstić information content (AvgIpc) is 3.58. The molecule has 4 rings (SSSR count). The molecule has 0 aliphatic carbocycles. The van der Waals surface area contributed by atoms with E-state index in [0.717, 1.165) is 17.5 Å². The number of aliphatic hydroxyl groups is 1. The zero-order chi connectivity index (χ0) is 28.9. The lowest BCUT2D eigenvalue weighted by Crippen LogP contribution is -2.60. The maximum absolute atomic E-state index is 14.0. The summed E-state index contributed by atoms with van der Waals surface area (Å²) in [6, 6.07) is 15.7. The van der Waals surface area contributed by atoms with Gasteiger partial charge in [-0.15, -0.1) is 0 Å². The van der Waals surface area contributed by atoms with Crippen molar-refractivity contribution in [1.29, 1.82) is 0 Å². The van der Waals surface area contributed by atoms with E-state index in [1.54, 1.807) is 31.7 Å². The summed E-state index contributed by atoms with van der Waals surface area (Å²) in [4.78, 5) is 33.4. The number of halogens is 1. The van der Waals surface area contributed by atoms with E-state index in [4.69, 9.17) is 31.8 Å². The van der Waals surface area contributed by atoms with Crippen molar-refractivity contribution >= 4 is 29.3 Å². The molecular weight excluding hydrogens is 532 g/mol. The molecule has 0 bridgehead atoms. The van der Waals surface area contributed by atoms with Gasteiger partial charge < -0.3 is 30.5 Å². The van der Waals surface area contributed by atoms with Crippen molar-refractivity contribution in [2.24, 2.45) is 10.7 Å². The fraction of sp³-hybridized carbons (Fsp3) is 0.500. The fourth-order valence-electron chi connectivity index (χ4n) is 5.00. The Balaban J connectivity index is 1.53. The van der Waals surface area contributed by atoms with Crippen LogP contribution in [0.15, 0.2) is 59.6 Å². The van der Waals surface area contributed by atoms with Crippen molar-refractivity contribution in [3.05, 3.63) is 70.7 Å². The van der Waals surface area contributed by atoms with E-state index in [1.165, 1.54) is 0 Å². The predicted octanol–water partition coefficient (Wildman–Crippen LogP) is 2.86. The smallest absolute Gasteiger partial charge is 0.248 e. The lowest BCUT2D eigenvalue weighted by atomic mass is 9.93. The number of nitrogens with zero attached hydrogens (tertiary/aromatic N) is 2. The third kappa shape index (κ3) is 7.20. The molecule has 40 heavy (non-hydrogen) atoms. The van der Waals surface area contributed by atoms with E-state index < -0.39 is 35.2 Å². The molecule has 1 unspecified atom stereocenters. The highest BCUT2D eigenvalue weighted by Crippen LogP contribution is 2.30. The Morgan fingerprint density at radius 1 is 1.25 bits per heavy atom. The van der Waals surface area contributed by atoms with Crippen LogP contribution in [0, 0.1) is 0 Å². The quantitative estimate of drug-likeness (QED) is 0.381. The number of aliphatic imine (C=N–C) groups is 1. The molecule has 2 heterocycles. The normalized spacial score (nSPS) is 22.4. The highest BCUT2D eigenvalue weighted by molar-refractivity contribution is 6.30. The van der Waals surface area contributed by atoms with Crippen LogP contribution in [0.5, 0.6) is 0 Å². The van der Waals surface area contributed by atoms with E-state index in [9.17, 15) is 14.7 Å². The number of aliphatic hydroxyl groups excluding tert-OH is 1. The Kier molecular flexibility index (Phi) is 9.51. The predicted molar refractivity (Wildman–Crippen MR) is 154 cm³/mol. The third-order valence-corrected chi connectivity index (χ3v) is 7.57. The molecule has 1 saturated heterocycles. The fourth-order valence-corrected chi connectivity index (χ4v) is 5.22. The molecule has 2 aliphatic rings. The standard InChI is InChI=1S/C30H39ClN4O5/c1-20(39-17-21-9-5-4-6-10-21)25(33-28(38)29(2,3)32)27(37)35-14-8-13-24(35)26-34-30(18-36,19-40-26)16-22-11-7-12-23(31)15-22/h4-7,9-12,15,20,24-25,36H,8,13-14,16-19,32H2,1-3H3,(H,33,38)/t20?,24-,25-,30-/m0/s1. The van der Waals surface area contributed by atoms with Gasteiger partial charge in [0.15, 0.2) is 0 Å². The van der Waals surface area contributed by atoms with Gasteiger partial charge in [0, 0.05) is 18.0 Å². The zero-order valence-corrected chi connectivity index (χ0v) is 24.1. The summed E-state index contributed by atoms with van der Waals surface area (Å²) in [5.41, 5.74) is 5.90. The number of amides is 2. The molecule has 0 saturated carbocycles. The van der Waals surface area contributed by atoms with Crippen molar-refractivity contribution in [3.63, 3.8) is 0 Å². The minimum Gasteiger partial charge on any atom is -0.477 e. The highest BCUT2D eigenvalue weighted by Gasteiger charge is 2.45. The zero-order valence-electron chi connectivity index (χ0n) is 23.3. The van der Waals surface area contributed by atoms with Crippen LogP contribution >= 0.6 is 11.6 Å². The van der Waals surface area contributed by atoms with Gasteiger partial charge in [-0.1, -0.05) is 54.1 Å². The van der Waals surface area contributed by atoms with Crippen LogP contribution in [0.2, 0.25) is 5.02 Å². The van der Waals surface area contributed by atoms with Crippen LogP contribution < -0.4 is 11.1 Å². The van der Waals surface area contributed by atoms with Crippen molar-refractivity contribution in [1.82, 2.24) is 10.2 Å². The van der Waals surface area contributed by atoms with E-state index >= 15 is 0 Å². The third-order valence-electron chi connectivity index (χ3n) is 7.34. The molecule has 4 N–H and O–H groups in total. The molecule has 2 aliphatic heterocycles. The van der Waals surface area contributed by atoms with E-state index in [1.807, 2.05) is 48.5 Å². The molecular formula is C30H39ClN4O5. The Hall–Kier alpha value is -2.98. The van der Waals surface area contributed by atoms with Crippen molar-refractivity contribution in [2.45, 2.75) is 75.9 Å². The van der Waals surface area contributed by atoms with Crippen LogP contribution in [-0.4, -0.2) is 76.7 Å². The lowest BCUT2D eigenvalue weighted by molar-refractivity contribution is -0.142. The minimum absolute atomic E-state index is 0.196. The van der Waals surface area contributed by atoms with Gasteiger partial charge in [0.1, 0.15) is 24.2 Å². The number of benzene rings is 2. The second-order valence-electron chi connectivity index (χ2n) is 11.3. The van der Waals surface area contributed by atoms with Gasteiger partial charge in [0.25, 0.3) is 0 Å². The number of carbonyl (C=O) groups is 2. The number of hydrogen-bond donors (Lipinski definition) is 3. The molecule has 2 aromatic carbocycles. The monoisotopic (exact) mass is 570 g/mol. The summed E-state index contributed by atoms with van der Waals surface area (Å²) in [5.74, 6) is -0.320. The van der Waals surface area contributed by atoms with E-state index in [-0.39, 0.29) is 25.7 Å². The first-order valence-electron chi connectivity index (χ1n) is 13.6. The first kappa shape index (κ1) is 30.0. The largest absolute Gasteiger partial charge is 0.477 e. The number of nitrogens with two attached hydrogens (primary N) is 1. The molecule has 0 radical (unpaired) electrons. The average molecular weight is 571 g/mol. The van der Waals surface area contributed by atoms with Crippen molar-refractivity contribution in [3.8, 4) is 0 Å². The van der Waals surface area contributed by atoms with Crippen LogP contribution in [0.4, 0.5) is 0 Å². The van der Waals surface area contributed by atoms with Crippen LogP contribution in [0.3, 0.4) is 0 Å². The van der Waals surface area contributed by atoms with Crippen molar-refractivity contribution < 1.29 is 24.2 Å². The van der Waals surface area contributed by atoms with Gasteiger partial charge >= 0.3 is 0 Å². The van der Waals surface area contributed by atoms with Gasteiger partial charge in [-0.2, -0.15) is 0 Å². The molecule has 1 fully saturated rings. The molecule has 0 aromatic heterocycles. The van der Waals surface area contributed by atoms with E-state index in [0.29, 0.717) is 30.3 Å². The Morgan fingerprint density at radius 3 is 2.65 bits per heavy atom. The molecule has 4 atom stereocenters. The molecule has 2 aromatic rings. The molecule has 0 spiro atoms. The van der Waals surface area contributed by atoms with Crippen molar-refractivity contribution in [2.75, 3.05) is 19.8 Å². The summed E-state index contributed by atoms with van der Waals surface area (Å²) < 4.78 is 12.1. The number of likely N-dealkylation sites (tertiary alicyclic amines) is 1. The van der Waals surface area contributed by atoms with Gasteiger partial charge in [0.05, 0.1) is 24.9 Å². The second kappa shape index (κ2) is 12.7. The number of carbonyl (C=O) groups excluding carboxylic acids is 2. The first-order valence-corrected chi connectivity index (χ1v) is 14.0. The number of ether oxygens (including phenoxy) is 2. The Bertz CT molecular complexity index is 1220. The van der Waals surface area contributed by atoms with Gasteiger partial charge in [-0.25, -0.2) is 4.99 Å². The molecule has 216 valence electrons. The maximum atomic E-state index is 14.0. The highest BCUT2D eigenvalue weighted by atomic mass is 35.5. The Labute approximate surface area is 240 Å². The number of rotatable bonds is 11. The minimum atomic E-state index is -1.18. The topological polar surface area (TPSA) is 126 Å². The summed E-state index contributed by atoms with van der Waals surface area (Å²) in [6.07, 6.45) is 1.22. The SMILES string of the molecule is CC(OCc1ccccc1)[C@H](NC(=O)C(C)(C)N)C(=O)N1CCC[C@H]1C1=N[C@](CO)(Cc2cccc(Cl)c2)CO1. The number of hydrogen-bond acceptors (Lipinski definition) is 7. The first-order chi connectivity index (χ1) is 19.0. The summed E-state index contributed by atoms with van der Waals surface area (Å²) in [6.45, 7) is 5.71. The molecule has 9 nitrogen and oxygen atoms in total. The number of nitrogens with one attached hydrogen (secondary N) is 1. The van der Waals surface area contributed by atoms with Gasteiger partial charge in [-0.05, 0) is 56.9 Å². The van der Waals surface area contributed by atoms with E-state index in [2.05, 4.69) is 5.32 Å². The Morgan fingerprint density at radius 2 is 1.98 bits per heavy atom. The molecule has 2 amide bonds. The summed E-state index contributed by atoms with van der Waals surface area (Å²) >= 11 is 6.16. The second-order valence-corrected chi connectivity index (χ2v) is 11.7. The van der Waals surface area contributed by atoms with Crippen LogP contribution in [-0.2, 0) is 32.1 Å². The van der Waals surface area contributed by atoms with Crippen LogP contribution in [0.1, 0.15) is 44.7 Å². The van der Waals surface area contributed by atoms with Gasteiger partial charge in [-0.3, -0.25) is 9.59 Å². The molecule has 10 heteroatoms. The van der Waals surface area contributed by atoms with Crippen LogP contribution in [0.25, 0.3) is 0 Å². The maximum Gasteiger partial charge on any atom is 0.248 e. The summed E-state index contributed by atoms with van der Waals surface area (Å²) in [7, 11) is 0. The summed E-state index contributed by atoms with van der Waals surface area (Å²) in [5, 5.41) is 13.7.